The molecule has 5 nitrogen and oxygen atoms in total. The molecule has 5 heteroatoms. The van der Waals surface area contributed by atoms with Crippen LogP contribution in [0.2, 0.25) is 0 Å². The summed E-state index contributed by atoms with van der Waals surface area (Å²) in [6.45, 7) is 1.89. The Kier molecular flexibility index (Phi) is 2.19. The Morgan fingerprint density at radius 1 is 1.40 bits per heavy atom. The smallest absolute Gasteiger partial charge is 0.268 e. The number of rotatable bonds is 1. The molecule has 1 aliphatic heterocycles. The van der Waals surface area contributed by atoms with E-state index in [1.165, 1.54) is 12.8 Å². The van der Waals surface area contributed by atoms with Gasteiger partial charge in [0.05, 0.1) is 17.4 Å². The number of hydrogen-bond acceptors (Lipinski definition) is 4. The van der Waals surface area contributed by atoms with E-state index >= 15 is 0 Å². The molecule has 0 radical (unpaired) electrons. The van der Waals surface area contributed by atoms with Crippen LogP contribution in [0.25, 0.3) is 10.9 Å². The van der Waals surface area contributed by atoms with Gasteiger partial charge in [-0.15, -0.1) is 0 Å². The summed E-state index contributed by atoms with van der Waals surface area (Å²) in [6, 6.07) is 3.95. The molecule has 0 unspecified atom stereocenters. The highest BCUT2D eigenvalue weighted by Crippen LogP contribution is 2.53. The Balaban J connectivity index is 1.96. The first kappa shape index (κ1) is 11.5. The number of aromatic nitrogens is 2. The first-order valence-corrected chi connectivity index (χ1v) is 6.88. The fourth-order valence-electron chi connectivity index (χ4n) is 3.27. The summed E-state index contributed by atoms with van der Waals surface area (Å²) < 4.78 is 0. The van der Waals surface area contributed by atoms with E-state index in [9.17, 15) is 10.1 Å². The third-order valence-electron chi connectivity index (χ3n) is 4.61. The number of nitrogens with zero attached hydrogens (tertiary/aromatic N) is 3. The highest BCUT2D eigenvalue weighted by atomic mass is 16.1. The van der Waals surface area contributed by atoms with Gasteiger partial charge in [0.1, 0.15) is 11.6 Å². The lowest BCUT2D eigenvalue weighted by molar-refractivity contribution is 0.581. The highest BCUT2D eigenvalue weighted by Gasteiger charge is 2.48. The van der Waals surface area contributed by atoms with Gasteiger partial charge in [0, 0.05) is 24.7 Å². The van der Waals surface area contributed by atoms with Crippen LogP contribution in [0, 0.1) is 16.7 Å². The average molecular weight is 266 g/mol. The Morgan fingerprint density at radius 3 is 2.95 bits per heavy atom. The van der Waals surface area contributed by atoms with Crippen molar-refractivity contribution in [3.05, 3.63) is 34.4 Å². The van der Waals surface area contributed by atoms with E-state index in [1.54, 1.807) is 12.4 Å². The molecule has 20 heavy (non-hydrogen) atoms. The summed E-state index contributed by atoms with van der Waals surface area (Å²) in [6.07, 6.45) is 7.05. The van der Waals surface area contributed by atoms with Crippen molar-refractivity contribution in [3.63, 3.8) is 0 Å². The molecule has 0 aromatic carbocycles. The average Bonchev–Trinajstić information content (AvgIpc) is 3.08. The third kappa shape index (κ3) is 1.54. The van der Waals surface area contributed by atoms with E-state index in [2.05, 4.69) is 20.9 Å². The molecule has 2 aliphatic rings. The normalized spacial score (nSPS) is 19.4. The van der Waals surface area contributed by atoms with Crippen LogP contribution in [0.4, 0.5) is 5.69 Å². The predicted octanol–water partition coefficient (Wildman–Crippen LogP) is 1.79. The Bertz CT molecular complexity index is 798. The first-order chi connectivity index (χ1) is 9.72. The summed E-state index contributed by atoms with van der Waals surface area (Å²) >= 11 is 0. The molecule has 1 aliphatic carbocycles. The van der Waals surface area contributed by atoms with Crippen molar-refractivity contribution in [2.24, 2.45) is 5.41 Å². The van der Waals surface area contributed by atoms with Crippen molar-refractivity contribution >= 4 is 16.6 Å². The van der Waals surface area contributed by atoms with Crippen molar-refractivity contribution in [2.75, 3.05) is 18.0 Å². The van der Waals surface area contributed by atoms with E-state index in [0.29, 0.717) is 10.9 Å². The van der Waals surface area contributed by atoms with Gasteiger partial charge >= 0.3 is 0 Å². The minimum absolute atomic E-state index is 0.224. The van der Waals surface area contributed by atoms with Crippen LogP contribution in [-0.4, -0.2) is 23.1 Å². The number of aromatic amines is 1. The molecule has 2 aromatic rings. The van der Waals surface area contributed by atoms with Gasteiger partial charge in [-0.25, -0.2) is 0 Å². The van der Waals surface area contributed by atoms with Gasteiger partial charge in [-0.1, -0.05) is 0 Å². The van der Waals surface area contributed by atoms with Crippen LogP contribution in [0.15, 0.2) is 23.3 Å². The van der Waals surface area contributed by atoms with Gasteiger partial charge in [0.15, 0.2) is 0 Å². The number of pyridine rings is 2. The van der Waals surface area contributed by atoms with Crippen molar-refractivity contribution in [1.29, 1.82) is 5.26 Å². The molecule has 4 rings (SSSR count). The second-order valence-corrected chi connectivity index (χ2v) is 5.88. The van der Waals surface area contributed by atoms with Crippen LogP contribution in [-0.2, 0) is 0 Å². The molecule has 1 saturated heterocycles. The first-order valence-electron chi connectivity index (χ1n) is 6.88. The predicted molar refractivity (Wildman–Crippen MR) is 75.6 cm³/mol. The molecular weight excluding hydrogens is 252 g/mol. The van der Waals surface area contributed by atoms with Gasteiger partial charge < -0.3 is 9.88 Å². The van der Waals surface area contributed by atoms with Crippen LogP contribution < -0.4 is 10.5 Å². The largest absolute Gasteiger partial charge is 0.369 e. The van der Waals surface area contributed by atoms with E-state index < -0.39 is 0 Å². The van der Waals surface area contributed by atoms with E-state index in [0.717, 1.165) is 30.6 Å². The second-order valence-electron chi connectivity index (χ2n) is 5.88. The minimum atomic E-state index is -0.320. The van der Waals surface area contributed by atoms with Gasteiger partial charge in [0.2, 0.25) is 0 Å². The number of nitrogens with one attached hydrogen (secondary N) is 1. The zero-order chi connectivity index (χ0) is 13.7. The zero-order valence-corrected chi connectivity index (χ0v) is 11.0. The Hall–Kier alpha value is -2.35. The van der Waals surface area contributed by atoms with Crippen molar-refractivity contribution in [1.82, 2.24) is 9.97 Å². The summed E-state index contributed by atoms with van der Waals surface area (Å²) in [5.41, 5.74) is 1.84. The summed E-state index contributed by atoms with van der Waals surface area (Å²) in [4.78, 5) is 21.1. The third-order valence-corrected chi connectivity index (χ3v) is 4.61. The van der Waals surface area contributed by atoms with Crippen LogP contribution in [0.3, 0.4) is 0 Å². The highest BCUT2D eigenvalue weighted by molar-refractivity contribution is 5.94. The van der Waals surface area contributed by atoms with Crippen LogP contribution >= 0.6 is 0 Å². The van der Waals surface area contributed by atoms with Crippen molar-refractivity contribution in [2.45, 2.75) is 19.3 Å². The molecule has 1 saturated carbocycles. The number of nitriles is 1. The zero-order valence-electron chi connectivity index (χ0n) is 11.0. The maximum absolute atomic E-state index is 12.1. The molecule has 0 atom stereocenters. The van der Waals surface area contributed by atoms with Crippen molar-refractivity contribution < 1.29 is 0 Å². The van der Waals surface area contributed by atoms with Crippen molar-refractivity contribution in [3.8, 4) is 6.07 Å². The Morgan fingerprint density at radius 2 is 2.25 bits per heavy atom. The summed E-state index contributed by atoms with van der Waals surface area (Å²) in [7, 11) is 0. The molecule has 2 fully saturated rings. The lowest BCUT2D eigenvalue weighted by Gasteiger charge is -2.21. The molecule has 0 amide bonds. The molecule has 3 heterocycles. The minimum Gasteiger partial charge on any atom is -0.369 e. The number of anilines is 1. The lowest BCUT2D eigenvalue weighted by atomic mass is 10.1. The van der Waals surface area contributed by atoms with E-state index in [4.69, 9.17) is 0 Å². The molecule has 2 aromatic heterocycles. The SMILES string of the molecule is N#Cc1c(N2CCC3(CC3)C2)c2ccncc2[nH]c1=O. The number of hydrogen-bond donors (Lipinski definition) is 1. The standard InChI is InChI=1S/C15H14N4O/c16-7-11-13(19-6-4-15(9-19)2-3-15)10-1-5-17-8-12(10)18-14(11)20/h1,5,8H,2-4,6,9H2,(H,18,20). The quantitative estimate of drug-likeness (QED) is 0.854. The molecule has 100 valence electrons. The van der Waals surface area contributed by atoms with E-state index in [1.807, 2.05) is 6.07 Å². The van der Waals surface area contributed by atoms with Gasteiger partial charge in [-0.3, -0.25) is 9.78 Å². The van der Waals surface area contributed by atoms with Crippen LogP contribution in [0.5, 0.6) is 0 Å². The van der Waals surface area contributed by atoms with Gasteiger partial charge in [-0.05, 0) is 30.7 Å². The molecule has 1 N–H and O–H groups in total. The van der Waals surface area contributed by atoms with Gasteiger partial charge in [0.25, 0.3) is 5.56 Å². The monoisotopic (exact) mass is 266 g/mol. The fraction of sp³-hybridized carbons (Fsp3) is 0.400. The molecular formula is C15H14N4O. The lowest BCUT2D eigenvalue weighted by Crippen LogP contribution is -2.25. The fourth-order valence-corrected chi connectivity index (χ4v) is 3.27. The summed E-state index contributed by atoms with van der Waals surface area (Å²) in [5.74, 6) is 0. The molecule has 1 spiro atoms. The van der Waals surface area contributed by atoms with Crippen LogP contribution in [0.1, 0.15) is 24.8 Å². The summed E-state index contributed by atoms with van der Waals surface area (Å²) in [5, 5.41) is 10.3. The van der Waals surface area contributed by atoms with Gasteiger partial charge in [-0.2, -0.15) is 5.26 Å². The van der Waals surface area contributed by atoms with E-state index in [-0.39, 0.29) is 11.1 Å². The number of fused-ring (bicyclic) bond motifs is 1. The Labute approximate surface area is 115 Å². The topological polar surface area (TPSA) is 72.8 Å². The maximum Gasteiger partial charge on any atom is 0.268 e. The second kappa shape index (κ2) is 3.83. The maximum atomic E-state index is 12.1. The molecule has 0 bridgehead atoms. The number of H-pyrrole nitrogens is 1.